The van der Waals surface area contributed by atoms with Gasteiger partial charge in [0.1, 0.15) is 11.4 Å². The van der Waals surface area contributed by atoms with Gasteiger partial charge in [0.2, 0.25) is 5.88 Å². The molecule has 0 saturated carbocycles. The fourth-order valence-electron chi connectivity index (χ4n) is 2.72. The van der Waals surface area contributed by atoms with Crippen LogP contribution in [0.3, 0.4) is 0 Å². The van der Waals surface area contributed by atoms with Gasteiger partial charge in [0.25, 0.3) is 5.91 Å². The number of nitrogens with zero attached hydrogens (tertiary/aromatic N) is 1. The van der Waals surface area contributed by atoms with E-state index in [4.69, 9.17) is 10.5 Å². The molecule has 1 heterocycles. The lowest BCUT2D eigenvalue weighted by Crippen LogP contribution is -2.12. The van der Waals surface area contributed by atoms with Crippen LogP contribution in [0, 0.1) is 0 Å². The summed E-state index contributed by atoms with van der Waals surface area (Å²) >= 11 is 0. The summed E-state index contributed by atoms with van der Waals surface area (Å²) < 4.78 is 44.6. The molecule has 5 nitrogen and oxygen atoms in total. The van der Waals surface area contributed by atoms with Gasteiger partial charge < -0.3 is 15.8 Å². The first-order valence-corrected chi connectivity index (χ1v) is 9.25. The molecule has 0 bridgehead atoms. The zero-order chi connectivity index (χ0) is 21.7. The fourth-order valence-corrected chi connectivity index (χ4v) is 2.72. The largest absolute Gasteiger partial charge is 0.439 e. The zero-order valence-corrected chi connectivity index (χ0v) is 16.2. The fraction of sp³-hybridized carbons (Fsp3) is 0.182. The van der Waals surface area contributed by atoms with E-state index < -0.39 is 11.9 Å². The summed E-state index contributed by atoms with van der Waals surface area (Å²) in [6.45, 7) is 1.94. The van der Waals surface area contributed by atoms with Crippen LogP contribution in [-0.4, -0.2) is 10.9 Å². The lowest BCUT2D eigenvalue weighted by Gasteiger charge is -2.12. The van der Waals surface area contributed by atoms with Crippen LogP contribution in [-0.2, 0) is 19.1 Å². The van der Waals surface area contributed by atoms with E-state index in [1.807, 2.05) is 19.1 Å². The molecule has 0 aliphatic rings. The smallest absolute Gasteiger partial charge is 0.433 e. The first-order chi connectivity index (χ1) is 14.3. The Bertz CT molecular complexity index is 1030. The Morgan fingerprint density at radius 3 is 2.43 bits per heavy atom. The summed E-state index contributed by atoms with van der Waals surface area (Å²) in [6, 6.07) is 15.8. The summed E-state index contributed by atoms with van der Waals surface area (Å²) in [5.74, 6) is -0.443. The van der Waals surface area contributed by atoms with Crippen LogP contribution in [0.15, 0.2) is 60.7 Å². The Balaban J connectivity index is 1.79. The maximum Gasteiger partial charge on any atom is 0.433 e. The van der Waals surface area contributed by atoms with Crippen molar-refractivity contribution in [3.8, 4) is 11.6 Å². The van der Waals surface area contributed by atoms with Crippen molar-refractivity contribution in [2.45, 2.75) is 26.1 Å². The zero-order valence-electron chi connectivity index (χ0n) is 16.2. The molecule has 3 rings (SSSR count). The molecule has 3 N–H and O–H groups in total. The molecule has 0 atom stereocenters. The van der Waals surface area contributed by atoms with Gasteiger partial charge in [-0.3, -0.25) is 4.79 Å². The molecular formula is C22H20F3N3O2. The van der Waals surface area contributed by atoms with E-state index in [0.717, 1.165) is 18.1 Å². The van der Waals surface area contributed by atoms with E-state index in [9.17, 15) is 18.0 Å². The Kier molecular flexibility index (Phi) is 6.37. The molecule has 0 saturated heterocycles. The van der Waals surface area contributed by atoms with Gasteiger partial charge >= 0.3 is 6.18 Å². The number of anilines is 1. The second kappa shape index (κ2) is 8.96. The van der Waals surface area contributed by atoms with E-state index in [0.29, 0.717) is 5.69 Å². The Hall–Kier alpha value is -3.39. The topological polar surface area (TPSA) is 77.2 Å². The van der Waals surface area contributed by atoms with Crippen molar-refractivity contribution in [1.82, 2.24) is 4.98 Å². The number of nitrogens with one attached hydrogen (secondary N) is 1. The molecule has 0 spiro atoms. The molecule has 1 amide bonds. The Morgan fingerprint density at radius 1 is 1.07 bits per heavy atom. The number of halogens is 3. The van der Waals surface area contributed by atoms with Crippen LogP contribution in [0.1, 0.15) is 34.1 Å². The van der Waals surface area contributed by atoms with Crippen molar-refractivity contribution in [2.75, 3.05) is 5.32 Å². The molecular weight excluding hydrogens is 395 g/mol. The highest BCUT2D eigenvalue weighted by atomic mass is 19.4. The number of aryl methyl sites for hydroxylation is 1. The predicted octanol–water partition coefficient (Wildman–Crippen LogP) is 5.17. The van der Waals surface area contributed by atoms with E-state index in [2.05, 4.69) is 10.3 Å². The normalized spacial score (nSPS) is 11.2. The van der Waals surface area contributed by atoms with E-state index in [-0.39, 0.29) is 35.2 Å². The molecule has 1 aromatic heterocycles. The number of nitrogens with two attached hydrogens (primary N) is 1. The third-order valence-corrected chi connectivity index (χ3v) is 4.33. The van der Waals surface area contributed by atoms with Crippen molar-refractivity contribution < 1.29 is 22.7 Å². The molecule has 30 heavy (non-hydrogen) atoms. The van der Waals surface area contributed by atoms with E-state index in [1.165, 1.54) is 18.2 Å². The number of benzene rings is 2. The van der Waals surface area contributed by atoms with Crippen LogP contribution in [0.2, 0.25) is 0 Å². The number of amides is 1. The first-order valence-electron chi connectivity index (χ1n) is 9.25. The highest BCUT2D eigenvalue weighted by Crippen LogP contribution is 2.31. The second-order valence-electron chi connectivity index (χ2n) is 6.54. The Labute approximate surface area is 171 Å². The van der Waals surface area contributed by atoms with E-state index in [1.54, 1.807) is 24.3 Å². The predicted molar refractivity (Wildman–Crippen MR) is 107 cm³/mol. The highest BCUT2D eigenvalue weighted by Gasteiger charge is 2.33. The second-order valence-corrected chi connectivity index (χ2v) is 6.54. The van der Waals surface area contributed by atoms with Gasteiger partial charge in [-0.05, 0) is 53.9 Å². The van der Waals surface area contributed by atoms with Crippen molar-refractivity contribution in [2.24, 2.45) is 5.73 Å². The third-order valence-electron chi connectivity index (χ3n) is 4.33. The summed E-state index contributed by atoms with van der Waals surface area (Å²) in [6.07, 6.45) is -3.73. The quantitative estimate of drug-likeness (QED) is 0.583. The van der Waals surface area contributed by atoms with Gasteiger partial charge in [0.05, 0.1) is 0 Å². The summed E-state index contributed by atoms with van der Waals surface area (Å²) in [4.78, 5) is 16.0. The number of rotatable bonds is 6. The minimum absolute atomic E-state index is 0.0960. The molecule has 0 fully saturated rings. The molecule has 0 aliphatic heterocycles. The lowest BCUT2D eigenvalue weighted by molar-refractivity contribution is -0.141. The maximum atomic E-state index is 13.0. The van der Waals surface area contributed by atoms with Crippen molar-refractivity contribution in [3.63, 3.8) is 0 Å². The molecule has 0 unspecified atom stereocenters. The van der Waals surface area contributed by atoms with Crippen molar-refractivity contribution in [1.29, 1.82) is 0 Å². The number of aromatic nitrogens is 1. The maximum absolute atomic E-state index is 13.0. The average molecular weight is 415 g/mol. The van der Waals surface area contributed by atoms with Gasteiger partial charge in [0.15, 0.2) is 0 Å². The SMILES string of the molecule is CCc1ccc(NC(=O)c2cccc(Oc3cc(CN)cc(C(F)(F)F)n3)c2)cc1. The van der Waals surface area contributed by atoms with Crippen LogP contribution in [0.4, 0.5) is 18.9 Å². The number of ether oxygens (including phenoxy) is 1. The number of carbonyl (C=O) groups is 1. The van der Waals surface area contributed by atoms with Gasteiger partial charge in [0, 0.05) is 23.9 Å². The molecule has 0 aliphatic carbocycles. The van der Waals surface area contributed by atoms with Gasteiger partial charge in [-0.2, -0.15) is 13.2 Å². The molecule has 0 radical (unpaired) electrons. The van der Waals surface area contributed by atoms with Gasteiger partial charge in [-0.15, -0.1) is 0 Å². The van der Waals surface area contributed by atoms with Crippen LogP contribution in [0.25, 0.3) is 0 Å². The number of pyridine rings is 1. The third kappa shape index (κ3) is 5.36. The molecule has 2 aromatic carbocycles. The highest BCUT2D eigenvalue weighted by molar-refractivity contribution is 6.04. The summed E-state index contributed by atoms with van der Waals surface area (Å²) in [7, 11) is 0. The number of alkyl halides is 3. The summed E-state index contributed by atoms with van der Waals surface area (Å²) in [5.41, 5.74) is 6.69. The van der Waals surface area contributed by atoms with Crippen LogP contribution < -0.4 is 15.8 Å². The number of carbonyl (C=O) groups excluding carboxylic acids is 1. The van der Waals surface area contributed by atoms with Crippen molar-refractivity contribution in [3.05, 3.63) is 83.0 Å². The van der Waals surface area contributed by atoms with Crippen LogP contribution >= 0.6 is 0 Å². The van der Waals surface area contributed by atoms with Gasteiger partial charge in [-0.1, -0.05) is 25.1 Å². The number of hydrogen-bond donors (Lipinski definition) is 2. The number of hydrogen-bond acceptors (Lipinski definition) is 4. The molecule has 156 valence electrons. The molecule has 8 heteroatoms. The van der Waals surface area contributed by atoms with Crippen molar-refractivity contribution >= 4 is 11.6 Å². The monoisotopic (exact) mass is 415 g/mol. The minimum atomic E-state index is -4.63. The van der Waals surface area contributed by atoms with Gasteiger partial charge in [-0.25, -0.2) is 4.98 Å². The minimum Gasteiger partial charge on any atom is -0.439 e. The standard InChI is InChI=1S/C22H20F3N3O2/c1-2-14-6-8-17(9-7-14)27-21(29)16-4-3-5-18(12-16)30-20-11-15(13-26)10-19(28-20)22(23,24)25/h3-12H,2,13,26H2,1H3,(H,27,29). The average Bonchev–Trinajstić information content (AvgIpc) is 2.73. The summed E-state index contributed by atoms with van der Waals surface area (Å²) in [5, 5.41) is 2.77. The van der Waals surface area contributed by atoms with Crippen LogP contribution in [0.5, 0.6) is 11.6 Å². The Morgan fingerprint density at radius 2 is 1.80 bits per heavy atom. The lowest BCUT2D eigenvalue weighted by atomic mass is 10.1. The van der Waals surface area contributed by atoms with E-state index >= 15 is 0 Å². The first kappa shape index (κ1) is 21.3. The molecule has 3 aromatic rings.